The maximum Gasteiger partial charge on any atom is 0.416 e. The van der Waals surface area contributed by atoms with E-state index in [2.05, 4.69) is 10.2 Å². The first kappa shape index (κ1) is 14.8. The fraction of sp³-hybridized carbons (Fsp3) is 0.154. The lowest BCUT2D eigenvalue weighted by Crippen LogP contribution is -2.07. The van der Waals surface area contributed by atoms with Gasteiger partial charge in [0, 0.05) is 5.56 Å². The smallest absolute Gasteiger partial charge is 0.416 e. The van der Waals surface area contributed by atoms with Crippen LogP contribution in [0.15, 0.2) is 30.5 Å². The first-order chi connectivity index (χ1) is 9.84. The average molecular weight is 298 g/mol. The molecule has 1 aromatic heterocycles. The standard InChI is InChI=1S/C13H9F3N2O3/c1-21-11-10(12(19)20)9(6-17-18-11)7-2-4-8(5-3-7)13(14,15)16/h2-6H,1H3,(H,19,20). The third kappa shape index (κ3) is 2.93. The van der Waals surface area contributed by atoms with Gasteiger partial charge in [-0.05, 0) is 17.7 Å². The van der Waals surface area contributed by atoms with Gasteiger partial charge in [0.2, 0.25) is 5.88 Å². The van der Waals surface area contributed by atoms with Crippen molar-refractivity contribution < 1.29 is 27.8 Å². The number of alkyl halides is 3. The van der Waals surface area contributed by atoms with Gasteiger partial charge in [0.05, 0.1) is 18.9 Å². The number of nitrogens with zero attached hydrogens (tertiary/aromatic N) is 2. The maximum atomic E-state index is 12.5. The summed E-state index contributed by atoms with van der Waals surface area (Å²) in [5.74, 6) is -1.52. The summed E-state index contributed by atoms with van der Waals surface area (Å²) in [5, 5.41) is 16.3. The number of carboxylic acid groups (broad SMARTS) is 1. The Kier molecular flexibility index (Phi) is 3.79. The highest BCUT2D eigenvalue weighted by Crippen LogP contribution is 2.33. The van der Waals surface area contributed by atoms with E-state index in [9.17, 15) is 23.1 Å². The Balaban J connectivity index is 2.54. The summed E-state index contributed by atoms with van der Waals surface area (Å²) in [7, 11) is 1.23. The molecule has 0 amide bonds. The van der Waals surface area contributed by atoms with Gasteiger partial charge in [0.15, 0.2) is 0 Å². The van der Waals surface area contributed by atoms with Crippen LogP contribution in [0.3, 0.4) is 0 Å². The SMILES string of the molecule is COc1nncc(-c2ccc(C(F)(F)F)cc2)c1C(=O)O. The Morgan fingerprint density at radius 2 is 1.86 bits per heavy atom. The van der Waals surface area contributed by atoms with E-state index in [-0.39, 0.29) is 22.6 Å². The van der Waals surface area contributed by atoms with Crippen LogP contribution < -0.4 is 4.74 Å². The molecule has 0 atom stereocenters. The van der Waals surface area contributed by atoms with Crippen LogP contribution in [0.4, 0.5) is 13.2 Å². The highest BCUT2D eigenvalue weighted by Gasteiger charge is 2.30. The Morgan fingerprint density at radius 3 is 2.33 bits per heavy atom. The Bertz CT molecular complexity index is 669. The lowest BCUT2D eigenvalue weighted by molar-refractivity contribution is -0.137. The molecule has 0 saturated carbocycles. The van der Waals surface area contributed by atoms with Crippen molar-refractivity contribution in [1.82, 2.24) is 10.2 Å². The highest BCUT2D eigenvalue weighted by molar-refractivity contribution is 5.98. The zero-order chi connectivity index (χ0) is 15.6. The molecule has 5 nitrogen and oxygen atoms in total. The molecule has 0 fully saturated rings. The van der Waals surface area contributed by atoms with Gasteiger partial charge in [0.1, 0.15) is 5.56 Å². The number of methoxy groups -OCH3 is 1. The van der Waals surface area contributed by atoms with Gasteiger partial charge in [-0.3, -0.25) is 0 Å². The van der Waals surface area contributed by atoms with Crippen molar-refractivity contribution >= 4 is 5.97 Å². The zero-order valence-corrected chi connectivity index (χ0v) is 10.7. The predicted molar refractivity (Wildman–Crippen MR) is 66.0 cm³/mol. The second kappa shape index (κ2) is 5.39. The fourth-order valence-electron chi connectivity index (χ4n) is 1.78. The van der Waals surface area contributed by atoms with Gasteiger partial charge >= 0.3 is 12.1 Å². The molecule has 0 radical (unpaired) electrons. The number of hydrogen-bond acceptors (Lipinski definition) is 4. The topological polar surface area (TPSA) is 72.3 Å². The predicted octanol–water partition coefficient (Wildman–Crippen LogP) is 2.87. The van der Waals surface area contributed by atoms with Crippen molar-refractivity contribution in [2.45, 2.75) is 6.18 Å². The number of aromatic nitrogens is 2. The lowest BCUT2D eigenvalue weighted by atomic mass is 10.0. The van der Waals surface area contributed by atoms with Gasteiger partial charge in [0.25, 0.3) is 0 Å². The van der Waals surface area contributed by atoms with Crippen LogP contribution in [0.2, 0.25) is 0 Å². The molecule has 2 rings (SSSR count). The summed E-state index contributed by atoms with van der Waals surface area (Å²) in [6, 6.07) is 4.08. The van der Waals surface area contributed by atoms with E-state index < -0.39 is 17.7 Å². The van der Waals surface area contributed by atoms with Crippen LogP contribution >= 0.6 is 0 Å². The van der Waals surface area contributed by atoms with Crippen molar-refractivity contribution in [2.75, 3.05) is 7.11 Å². The van der Waals surface area contributed by atoms with Gasteiger partial charge in [-0.2, -0.15) is 18.3 Å². The molecule has 0 bridgehead atoms. The monoisotopic (exact) mass is 298 g/mol. The molecule has 0 spiro atoms. The molecule has 0 aliphatic heterocycles. The van der Waals surface area contributed by atoms with E-state index in [1.807, 2.05) is 0 Å². The van der Waals surface area contributed by atoms with Crippen LogP contribution in [0.1, 0.15) is 15.9 Å². The van der Waals surface area contributed by atoms with Crippen molar-refractivity contribution in [2.24, 2.45) is 0 Å². The molecule has 21 heavy (non-hydrogen) atoms. The number of benzene rings is 1. The summed E-state index contributed by atoms with van der Waals surface area (Å²) < 4.78 is 42.3. The van der Waals surface area contributed by atoms with Crippen molar-refractivity contribution in [3.63, 3.8) is 0 Å². The molecular weight excluding hydrogens is 289 g/mol. The fourth-order valence-corrected chi connectivity index (χ4v) is 1.78. The summed E-state index contributed by atoms with van der Waals surface area (Å²) >= 11 is 0. The minimum absolute atomic E-state index is 0.128. The molecule has 2 aromatic rings. The van der Waals surface area contributed by atoms with E-state index in [1.165, 1.54) is 19.2 Å². The largest absolute Gasteiger partial charge is 0.479 e. The normalized spacial score (nSPS) is 11.2. The third-order valence-corrected chi connectivity index (χ3v) is 2.75. The molecule has 0 saturated heterocycles. The molecule has 0 unspecified atom stereocenters. The summed E-state index contributed by atoms with van der Waals surface area (Å²) in [5.41, 5.74) is -0.680. The van der Waals surface area contributed by atoms with Crippen LogP contribution in [0.5, 0.6) is 5.88 Å². The molecule has 1 N–H and O–H groups in total. The van der Waals surface area contributed by atoms with E-state index in [4.69, 9.17) is 4.74 Å². The molecule has 0 aliphatic carbocycles. The Morgan fingerprint density at radius 1 is 1.24 bits per heavy atom. The molecule has 8 heteroatoms. The summed E-state index contributed by atoms with van der Waals surface area (Å²) in [4.78, 5) is 11.3. The van der Waals surface area contributed by atoms with Crippen LogP contribution in [0, 0.1) is 0 Å². The molecule has 1 aromatic carbocycles. The number of carbonyl (C=O) groups is 1. The van der Waals surface area contributed by atoms with E-state index in [0.717, 1.165) is 18.3 Å². The van der Waals surface area contributed by atoms with E-state index in [0.29, 0.717) is 0 Å². The molecule has 0 aliphatic rings. The average Bonchev–Trinajstić information content (AvgIpc) is 2.45. The van der Waals surface area contributed by atoms with Crippen LogP contribution in [0.25, 0.3) is 11.1 Å². The summed E-state index contributed by atoms with van der Waals surface area (Å²) in [6.45, 7) is 0. The van der Waals surface area contributed by atoms with Crippen molar-refractivity contribution in [3.05, 3.63) is 41.6 Å². The molecule has 1 heterocycles. The number of ether oxygens (including phenoxy) is 1. The van der Waals surface area contributed by atoms with Gasteiger partial charge in [-0.15, -0.1) is 5.10 Å². The second-order valence-corrected chi connectivity index (χ2v) is 4.02. The number of hydrogen-bond donors (Lipinski definition) is 1. The van der Waals surface area contributed by atoms with E-state index >= 15 is 0 Å². The number of halogens is 3. The molecule has 110 valence electrons. The van der Waals surface area contributed by atoms with E-state index in [1.54, 1.807) is 0 Å². The van der Waals surface area contributed by atoms with Gasteiger partial charge in [-0.1, -0.05) is 12.1 Å². The lowest BCUT2D eigenvalue weighted by Gasteiger charge is -2.10. The van der Waals surface area contributed by atoms with Crippen molar-refractivity contribution in [3.8, 4) is 17.0 Å². The van der Waals surface area contributed by atoms with Crippen LogP contribution in [-0.2, 0) is 6.18 Å². The van der Waals surface area contributed by atoms with Gasteiger partial charge in [-0.25, -0.2) is 4.79 Å². The first-order valence-electron chi connectivity index (χ1n) is 5.65. The summed E-state index contributed by atoms with van der Waals surface area (Å²) in [6.07, 6.45) is -3.29. The first-order valence-corrected chi connectivity index (χ1v) is 5.65. The maximum absolute atomic E-state index is 12.5. The number of rotatable bonds is 3. The molecular formula is C13H9F3N2O3. The Hall–Kier alpha value is -2.64. The van der Waals surface area contributed by atoms with Crippen molar-refractivity contribution in [1.29, 1.82) is 0 Å². The second-order valence-electron chi connectivity index (χ2n) is 4.02. The minimum atomic E-state index is -4.46. The van der Waals surface area contributed by atoms with Crippen LogP contribution in [-0.4, -0.2) is 28.4 Å². The number of aromatic carboxylic acids is 1. The zero-order valence-electron chi connectivity index (χ0n) is 10.7. The quantitative estimate of drug-likeness (QED) is 0.943. The minimum Gasteiger partial charge on any atom is -0.479 e. The Labute approximate surface area is 117 Å². The number of carboxylic acids is 1. The van der Waals surface area contributed by atoms with Gasteiger partial charge < -0.3 is 9.84 Å². The highest BCUT2D eigenvalue weighted by atomic mass is 19.4. The third-order valence-electron chi connectivity index (χ3n) is 2.75.